The van der Waals surface area contributed by atoms with Crippen LogP contribution in [0, 0.1) is 0 Å². The summed E-state index contributed by atoms with van der Waals surface area (Å²) in [7, 11) is 1.10. The zero-order chi connectivity index (χ0) is 25.3. The fourth-order valence-corrected chi connectivity index (χ4v) is 4.47. The molecule has 0 radical (unpaired) electrons. The number of carbonyl (C=O) groups excluding carboxylic acids is 6. The molecule has 33 heavy (non-hydrogen) atoms. The van der Waals surface area contributed by atoms with Crippen LogP contribution in [0.2, 0.25) is 0 Å². The molecule has 1 heterocycles. The molecule has 1 amide bonds. The van der Waals surface area contributed by atoms with E-state index in [4.69, 9.17) is 23.7 Å². The first kappa shape index (κ1) is 28.4. The predicted molar refractivity (Wildman–Crippen MR) is 112 cm³/mol. The van der Waals surface area contributed by atoms with Crippen LogP contribution in [0.5, 0.6) is 0 Å². The second-order valence-corrected chi connectivity index (χ2v) is 8.78. The number of ether oxygens (including phenoxy) is 5. The van der Waals surface area contributed by atoms with Gasteiger partial charge in [0.1, 0.15) is 18.8 Å². The van der Waals surface area contributed by atoms with Crippen LogP contribution in [-0.2, 0) is 52.5 Å². The smallest absolute Gasteiger partial charge is 0.349 e. The Morgan fingerprint density at radius 3 is 2.12 bits per heavy atom. The second-order valence-electron chi connectivity index (χ2n) is 7.34. The molecule has 0 aromatic carbocycles. The molecule has 0 aliphatic carbocycles. The van der Waals surface area contributed by atoms with Crippen molar-refractivity contribution in [1.29, 1.82) is 0 Å². The highest BCUT2D eigenvalue weighted by Crippen LogP contribution is 2.42. The van der Waals surface area contributed by atoms with Gasteiger partial charge in [0, 0.05) is 47.5 Å². The topological polar surface area (TPSA) is 161 Å². The first-order chi connectivity index (χ1) is 15.3. The molecule has 186 valence electrons. The third-order valence-electron chi connectivity index (χ3n) is 4.41. The zero-order valence-electron chi connectivity index (χ0n) is 19.3. The SMILES string of the molecule is COC(=O)[C@@]1(SC(C)=O)C[C@@H](OC(C)=O)[C@@H](NC(C)=O)C(C[C@@H](COC(C)=O)OC(C)=O)O1. The van der Waals surface area contributed by atoms with E-state index in [1.54, 1.807) is 0 Å². The molecule has 0 aromatic heterocycles. The van der Waals surface area contributed by atoms with E-state index < -0.39 is 64.2 Å². The molecule has 0 bridgehead atoms. The van der Waals surface area contributed by atoms with Gasteiger partial charge in [-0.1, -0.05) is 0 Å². The molecule has 1 unspecified atom stereocenters. The van der Waals surface area contributed by atoms with E-state index in [0.29, 0.717) is 11.8 Å². The molecule has 1 aliphatic heterocycles. The van der Waals surface area contributed by atoms with Crippen LogP contribution in [0.3, 0.4) is 0 Å². The Balaban J connectivity index is 3.46. The molecule has 0 aromatic rings. The van der Waals surface area contributed by atoms with E-state index in [-0.39, 0.29) is 19.4 Å². The number of rotatable bonds is 9. The fourth-order valence-electron chi connectivity index (χ4n) is 3.42. The van der Waals surface area contributed by atoms with Gasteiger partial charge in [-0.25, -0.2) is 4.79 Å². The average Bonchev–Trinajstić information content (AvgIpc) is 2.66. The number of thioether (sulfide) groups is 1. The quantitative estimate of drug-likeness (QED) is 0.346. The summed E-state index contributed by atoms with van der Waals surface area (Å²) in [6, 6.07) is -0.980. The lowest BCUT2D eigenvalue weighted by molar-refractivity contribution is -0.196. The number of carbonyl (C=O) groups is 6. The van der Waals surface area contributed by atoms with Crippen LogP contribution < -0.4 is 5.32 Å². The van der Waals surface area contributed by atoms with Crippen molar-refractivity contribution >= 4 is 46.7 Å². The van der Waals surface area contributed by atoms with Crippen molar-refractivity contribution in [1.82, 2.24) is 5.32 Å². The summed E-state index contributed by atoms with van der Waals surface area (Å²) < 4.78 is 26.4. The van der Waals surface area contributed by atoms with Crippen molar-refractivity contribution in [2.75, 3.05) is 13.7 Å². The number of hydrogen-bond acceptors (Lipinski definition) is 12. The molecule has 12 nitrogen and oxygen atoms in total. The molecule has 0 spiro atoms. The lowest BCUT2D eigenvalue weighted by atomic mass is 9.91. The van der Waals surface area contributed by atoms with Gasteiger partial charge in [0.25, 0.3) is 0 Å². The van der Waals surface area contributed by atoms with Gasteiger partial charge >= 0.3 is 23.9 Å². The number of methoxy groups -OCH3 is 1. The van der Waals surface area contributed by atoms with Crippen LogP contribution in [-0.4, -0.2) is 77.9 Å². The minimum Gasteiger partial charge on any atom is -0.466 e. The van der Waals surface area contributed by atoms with Gasteiger partial charge in [-0.05, 0) is 11.8 Å². The summed E-state index contributed by atoms with van der Waals surface area (Å²) in [5, 5.41) is 2.15. The zero-order valence-corrected chi connectivity index (χ0v) is 20.1. The van der Waals surface area contributed by atoms with Gasteiger partial charge in [-0.15, -0.1) is 0 Å². The van der Waals surface area contributed by atoms with Crippen LogP contribution >= 0.6 is 11.8 Å². The van der Waals surface area contributed by atoms with Crippen LogP contribution in [0.25, 0.3) is 0 Å². The molecule has 1 N–H and O–H groups in total. The molecule has 1 rings (SSSR count). The summed E-state index contributed by atoms with van der Waals surface area (Å²) in [6.45, 7) is 5.60. The number of esters is 4. The Morgan fingerprint density at radius 2 is 1.67 bits per heavy atom. The van der Waals surface area contributed by atoms with Gasteiger partial charge in [-0.2, -0.15) is 0 Å². The van der Waals surface area contributed by atoms with Crippen molar-refractivity contribution < 1.29 is 52.5 Å². The maximum atomic E-state index is 12.7. The highest BCUT2D eigenvalue weighted by Gasteiger charge is 2.56. The third-order valence-corrected chi connectivity index (χ3v) is 5.45. The van der Waals surface area contributed by atoms with E-state index in [1.165, 1.54) is 20.8 Å². The largest absolute Gasteiger partial charge is 0.466 e. The van der Waals surface area contributed by atoms with E-state index in [2.05, 4.69) is 5.32 Å². The van der Waals surface area contributed by atoms with Gasteiger partial charge in [-0.3, -0.25) is 24.0 Å². The minimum absolute atomic E-state index is 0.174. The first-order valence-electron chi connectivity index (χ1n) is 10.00. The van der Waals surface area contributed by atoms with Crippen molar-refractivity contribution in [3.05, 3.63) is 0 Å². The first-order valence-corrected chi connectivity index (χ1v) is 10.8. The van der Waals surface area contributed by atoms with E-state index >= 15 is 0 Å². The number of hydrogen-bond donors (Lipinski definition) is 1. The Morgan fingerprint density at radius 1 is 1.03 bits per heavy atom. The molecular weight excluding hydrogens is 462 g/mol. The van der Waals surface area contributed by atoms with Crippen molar-refractivity contribution in [2.24, 2.45) is 0 Å². The number of nitrogens with one attached hydrogen (secondary N) is 1. The summed E-state index contributed by atoms with van der Waals surface area (Å²) >= 11 is 0.537. The van der Waals surface area contributed by atoms with Crippen molar-refractivity contribution in [3.63, 3.8) is 0 Å². The van der Waals surface area contributed by atoms with Gasteiger partial charge in [0.15, 0.2) is 5.12 Å². The molecule has 5 atom stereocenters. The lowest BCUT2D eigenvalue weighted by Crippen LogP contribution is -2.63. The summed E-state index contributed by atoms with van der Waals surface area (Å²) in [5.74, 6) is -3.38. The molecule has 1 aliphatic rings. The van der Waals surface area contributed by atoms with E-state index in [9.17, 15) is 28.8 Å². The van der Waals surface area contributed by atoms with E-state index in [0.717, 1.165) is 21.0 Å². The Bertz CT molecular complexity index is 786. The maximum absolute atomic E-state index is 12.7. The van der Waals surface area contributed by atoms with Gasteiger partial charge < -0.3 is 29.0 Å². The van der Waals surface area contributed by atoms with Gasteiger partial charge in [0.05, 0.1) is 19.3 Å². The predicted octanol–water partition coefficient (Wildman–Crippen LogP) is 0.246. The maximum Gasteiger partial charge on any atom is 0.349 e. The summed E-state index contributed by atoms with van der Waals surface area (Å²) in [5.41, 5.74) is 0. The van der Waals surface area contributed by atoms with Crippen molar-refractivity contribution in [3.8, 4) is 0 Å². The highest BCUT2D eigenvalue weighted by atomic mass is 32.2. The van der Waals surface area contributed by atoms with Gasteiger partial charge in [0.2, 0.25) is 10.8 Å². The highest BCUT2D eigenvalue weighted by molar-refractivity contribution is 8.15. The fraction of sp³-hybridized carbons (Fsp3) is 0.700. The van der Waals surface area contributed by atoms with Crippen molar-refractivity contribution in [2.45, 2.75) is 76.7 Å². The van der Waals surface area contributed by atoms with E-state index in [1.807, 2.05) is 0 Å². The molecular formula is C20H29NO11S. The standard InChI is InChI=1S/C20H29NO11S/c1-10(22)21-18-16(7-15(30-12(3)24)9-29-11(2)23)32-20(19(27)28-6,33-14(5)26)8-17(18)31-13(4)25/h15-18H,7-9H2,1-6H3,(H,21,22)/t15-,16?,17+,18-,20-/m0/s1. The second kappa shape index (κ2) is 12.5. The lowest BCUT2D eigenvalue weighted by Gasteiger charge is -2.46. The minimum atomic E-state index is -1.90. The summed E-state index contributed by atoms with van der Waals surface area (Å²) in [6.07, 6.45) is -3.71. The average molecular weight is 492 g/mol. The van der Waals surface area contributed by atoms with Crippen LogP contribution in [0.15, 0.2) is 0 Å². The Kier molecular flexibility index (Phi) is 10.8. The Hall–Kier alpha value is -2.67. The molecule has 1 saturated heterocycles. The summed E-state index contributed by atoms with van der Waals surface area (Å²) in [4.78, 5) is 69.2. The monoisotopic (exact) mass is 491 g/mol. The molecule has 13 heteroatoms. The normalized spacial score (nSPS) is 25.2. The molecule has 1 fully saturated rings. The van der Waals surface area contributed by atoms with Crippen LogP contribution in [0.4, 0.5) is 0 Å². The third kappa shape index (κ3) is 9.00. The number of amides is 1. The van der Waals surface area contributed by atoms with Crippen LogP contribution in [0.1, 0.15) is 47.5 Å². The molecule has 0 saturated carbocycles. The Labute approximate surface area is 195 Å².